The summed E-state index contributed by atoms with van der Waals surface area (Å²) in [4.78, 5) is 6.33. The fourth-order valence-electron chi connectivity index (χ4n) is 3.11. The number of aryl methyl sites for hydroxylation is 1. The van der Waals surface area contributed by atoms with Gasteiger partial charge in [0.1, 0.15) is 23.0 Å². The van der Waals surface area contributed by atoms with Gasteiger partial charge in [-0.2, -0.15) is 0 Å². The van der Waals surface area contributed by atoms with Gasteiger partial charge in [0.15, 0.2) is 0 Å². The molecule has 0 aliphatic carbocycles. The minimum atomic E-state index is -3.51. The van der Waals surface area contributed by atoms with Gasteiger partial charge >= 0.3 is 0 Å². The van der Waals surface area contributed by atoms with Crippen LogP contribution in [0.2, 0.25) is 0 Å². The number of aliphatic hydroxyl groups excluding tert-OH is 1. The number of hydrogen-bond donors (Lipinski definition) is 2. The van der Waals surface area contributed by atoms with Crippen molar-refractivity contribution in [1.29, 1.82) is 0 Å². The van der Waals surface area contributed by atoms with Crippen LogP contribution in [-0.4, -0.2) is 44.4 Å². The van der Waals surface area contributed by atoms with Crippen molar-refractivity contribution in [2.75, 3.05) is 6.54 Å². The molecule has 4 rings (SSSR count). The first-order valence-electron chi connectivity index (χ1n) is 9.08. The van der Waals surface area contributed by atoms with Gasteiger partial charge in [0.05, 0.1) is 28.7 Å². The van der Waals surface area contributed by atoms with Gasteiger partial charge in [-0.05, 0) is 30.7 Å². The first kappa shape index (κ1) is 19.7. The smallest absolute Gasteiger partial charge is 0.240 e. The molecule has 0 radical (unpaired) electrons. The molecule has 152 valence electrons. The van der Waals surface area contributed by atoms with E-state index in [1.54, 1.807) is 49.1 Å². The Kier molecular flexibility index (Phi) is 5.21. The number of sulfonamides is 1. The second kappa shape index (κ2) is 7.67. The van der Waals surface area contributed by atoms with Crippen LogP contribution in [0.5, 0.6) is 0 Å². The fraction of sp³-hybridized carbons (Fsp3) is 0.278. The predicted octanol–water partition coefficient (Wildman–Crippen LogP) is 1.92. The molecule has 11 heteroatoms. The summed E-state index contributed by atoms with van der Waals surface area (Å²) in [5, 5.41) is 19.1. The summed E-state index contributed by atoms with van der Waals surface area (Å²) in [6, 6.07) is 6.30. The molecule has 0 amide bonds. The first-order chi connectivity index (χ1) is 13.9. The van der Waals surface area contributed by atoms with Crippen molar-refractivity contribution < 1.29 is 13.5 Å². The summed E-state index contributed by atoms with van der Waals surface area (Å²) in [7, 11) is -3.51. The van der Waals surface area contributed by atoms with Gasteiger partial charge in [-0.25, -0.2) is 22.8 Å². The fourth-order valence-corrected chi connectivity index (χ4v) is 5.22. The maximum atomic E-state index is 12.1. The van der Waals surface area contributed by atoms with Gasteiger partial charge in [0.2, 0.25) is 10.0 Å². The molecule has 3 aromatic heterocycles. The van der Waals surface area contributed by atoms with E-state index in [1.807, 2.05) is 11.3 Å². The lowest BCUT2D eigenvalue weighted by Crippen LogP contribution is -2.23. The molecule has 29 heavy (non-hydrogen) atoms. The van der Waals surface area contributed by atoms with Crippen LogP contribution in [0.1, 0.15) is 36.2 Å². The lowest BCUT2D eigenvalue weighted by molar-refractivity contribution is 0.208. The van der Waals surface area contributed by atoms with Gasteiger partial charge in [-0.15, -0.1) is 16.4 Å². The maximum absolute atomic E-state index is 12.1. The van der Waals surface area contributed by atoms with Gasteiger partial charge in [-0.3, -0.25) is 4.40 Å². The molecule has 0 fully saturated rings. The highest BCUT2D eigenvalue weighted by molar-refractivity contribution is 7.89. The molecule has 1 unspecified atom stereocenters. The number of thiazole rings is 1. The molecule has 0 aliphatic heterocycles. The van der Waals surface area contributed by atoms with Gasteiger partial charge in [0, 0.05) is 11.4 Å². The van der Waals surface area contributed by atoms with Gasteiger partial charge in [0.25, 0.3) is 0 Å². The number of aromatic nitrogens is 5. The third-order valence-electron chi connectivity index (χ3n) is 4.49. The number of hydrogen-bond acceptors (Lipinski definition) is 7. The summed E-state index contributed by atoms with van der Waals surface area (Å²) >= 11 is 1.59. The van der Waals surface area contributed by atoms with Crippen LogP contribution in [0, 0.1) is 0 Å². The van der Waals surface area contributed by atoms with Crippen LogP contribution in [-0.2, 0) is 16.4 Å². The van der Waals surface area contributed by atoms with Gasteiger partial charge in [-0.1, -0.05) is 19.1 Å². The van der Waals surface area contributed by atoms with Crippen LogP contribution in [0.15, 0.2) is 47.9 Å². The number of benzene rings is 1. The first-order valence-corrected chi connectivity index (χ1v) is 11.4. The minimum Gasteiger partial charge on any atom is -0.380 e. The maximum Gasteiger partial charge on any atom is 0.240 e. The topological polar surface area (TPSA) is 114 Å². The van der Waals surface area contributed by atoms with Crippen molar-refractivity contribution in [3.8, 4) is 5.69 Å². The highest BCUT2D eigenvalue weighted by Gasteiger charge is 2.23. The second-order valence-electron chi connectivity index (χ2n) is 6.35. The molecule has 4 aromatic rings. The zero-order chi connectivity index (χ0) is 20.6. The average molecular weight is 433 g/mol. The Balaban J connectivity index is 1.64. The normalized spacial score (nSPS) is 13.2. The van der Waals surface area contributed by atoms with E-state index in [1.165, 1.54) is 16.8 Å². The van der Waals surface area contributed by atoms with E-state index in [4.69, 9.17) is 0 Å². The second-order valence-corrected chi connectivity index (χ2v) is 9.23. The summed E-state index contributed by atoms with van der Waals surface area (Å²) in [5.74, 6) is 0. The molecule has 9 nitrogen and oxygen atoms in total. The number of nitrogens with one attached hydrogen (secondary N) is 1. The molecule has 0 aliphatic rings. The molecule has 0 saturated heterocycles. The van der Waals surface area contributed by atoms with Crippen molar-refractivity contribution >= 4 is 26.2 Å². The third-order valence-corrected chi connectivity index (χ3v) is 7.31. The van der Waals surface area contributed by atoms with E-state index in [0.717, 1.165) is 21.8 Å². The minimum absolute atomic E-state index is 0.178. The predicted molar refractivity (Wildman–Crippen MR) is 109 cm³/mol. The Morgan fingerprint density at radius 2 is 2.00 bits per heavy atom. The van der Waals surface area contributed by atoms with Crippen molar-refractivity contribution in [1.82, 2.24) is 29.1 Å². The molecule has 1 aromatic carbocycles. The number of aliphatic hydroxyl groups is 1. The van der Waals surface area contributed by atoms with Crippen LogP contribution in [0.3, 0.4) is 0 Å². The number of nitrogens with zero attached hydrogens (tertiary/aromatic N) is 5. The van der Waals surface area contributed by atoms with E-state index in [9.17, 15) is 13.5 Å². The Morgan fingerprint density at radius 3 is 2.69 bits per heavy atom. The average Bonchev–Trinajstić information content (AvgIpc) is 3.43. The summed E-state index contributed by atoms with van der Waals surface area (Å²) in [5.41, 5.74) is 1.78. The van der Waals surface area contributed by atoms with Crippen molar-refractivity contribution in [2.24, 2.45) is 0 Å². The van der Waals surface area contributed by atoms with Gasteiger partial charge < -0.3 is 5.11 Å². The Hall–Kier alpha value is -2.60. The molecule has 0 spiro atoms. The number of rotatable bonds is 7. The SMILES string of the molecule is CCNS(=O)(=O)c1ccc(-n2cc(C(O)c3c(CC)sc4cncn34)nn2)cc1. The van der Waals surface area contributed by atoms with E-state index in [0.29, 0.717) is 17.9 Å². The Labute approximate surface area is 171 Å². The number of fused-ring (bicyclic) bond motifs is 1. The van der Waals surface area contributed by atoms with E-state index in [2.05, 4.69) is 20.0 Å². The Morgan fingerprint density at radius 1 is 1.24 bits per heavy atom. The van der Waals surface area contributed by atoms with E-state index in [-0.39, 0.29) is 4.90 Å². The van der Waals surface area contributed by atoms with Crippen LogP contribution in [0.4, 0.5) is 0 Å². The zero-order valence-corrected chi connectivity index (χ0v) is 17.5. The van der Waals surface area contributed by atoms with Crippen LogP contribution < -0.4 is 4.72 Å². The molecular formula is C18H20N6O3S2. The highest BCUT2D eigenvalue weighted by atomic mass is 32.2. The molecule has 0 bridgehead atoms. The van der Waals surface area contributed by atoms with Crippen molar-refractivity contribution in [3.05, 3.63) is 59.3 Å². The molecule has 2 N–H and O–H groups in total. The molecule has 1 atom stereocenters. The quantitative estimate of drug-likeness (QED) is 0.461. The lowest BCUT2D eigenvalue weighted by atomic mass is 10.1. The molecular weight excluding hydrogens is 412 g/mol. The number of imidazole rings is 1. The van der Waals surface area contributed by atoms with Crippen molar-refractivity contribution in [2.45, 2.75) is 31.3 Å². The largest absolute Gasteiger partial charge is 0.380 e. The Bertz CT molecular complexity index is 1240. The molecule has 3 heterocycles. The van der Waals surface area contributed by atoms with Crippen LogP contribution >= 0.6 is 11.3 Å². The summed E-state index contributed by atoms with van der Waals surface area (Å²) in [6.07, 6.45) is 4.92. The standard InChI is InChI=1S/C18H20N6O3S2/c1-3-15-17(23-11-19-9-16(23)28-15)18(25)14-10-24(22-21-14)12-5-7-13(8-6-12)29(26,27)20-4-2/h5-11,18,20,25H,3-4H2,1-2H3. The van der Waals surface area contributed by atoms with Crippen LogP contribution in [0.25, 0.3) is 10.5 Å². The van der Waals surface area contributed by atoms with E-state index < -0.39 is 16.1 Å². The van der Waals surface area contributed by atoms with Crippen molar-refractivity contribution in [3.63, 3.8) is 0 Å². The summed E-state index contributed by atoms with van der Waals surface area (Å²) < 4.78 is 30.0. The van der Waals surface area contributed by atoms with E-state index >= 15 is 0 Å². The highest BCUT2D eigenvalue weighted by Crippen LogP contribution is 2.31. The molecule has 0 saturated carbocycles. The zero-order valence-electron chi connectivity index (χ0n) is 15.8. The third kappa shape index (κ3) is 3.57. The monoisotopic (exact) mass is 432 g/mol. The summed E-state index contributed by atoms with van der Waals surface area (Å²) in [6.45, 7) is 4.08. The lowest BCUT2D eigenvalue weighted by Gasteiger charge is -2.09.